The molecule has 1 atom stereocenters. The normalized spacial score (nSPS) is 19.4. The van der Waals surface area contributed by atoms with Gasteiger partial charge in [0.15, 0.2) is 5.75 Å². The average Bonchev–Trinajstić information content (AvgIpc) is 3.20. The highest BCUT2D eigenvalue weighted by Crippen LogP contribution is 2.52. The summed E-state index contributed by atoms with van der Waals surface area (Å²) in [4.78, 5) is 0. The Bertz CT molecular complexity index is 1120. The number of fused-ring (bicyclic) bond motifs is 3. The molecule has 6 heteroatoms. The second-order valence-corrected chi connectivity index (χ2v) is 7.99. The zero-order valence-electron chi connectivity index (χ0n) is 15.9. The number of halogens is 1. The van der Waals surface area contributed by atoms with E-state index < -0.39 is 5.72 Å². The van der Waals surface area contributed by atoms with Crippen molar-refractivity contribution in [2.75, 3.05) is 5.32 Å². The number of ether oxygens (including phenoxy) is 2. The molecular weight excluding hydrogens is 418 g/mol. The van der Waals surface area contributed by atoms with Crippen molar-refractivity contribution in [2.24, 2.45) is 0 Å². The fourth-order valence-electron chi connectivity index (χ4n) is 3.93. The van der Waals surface area contributed by atoms with Gasteiger partial charge in [0, 0.05) is 6.08 Å². The topological polar surface area (TPSA) is 48.3 Å². The zero-order valence-corrected chi connectivity index (χ0v) is 17.5. The molecule has 0 unspecified atom stereocenters. The number of nitrogens with one attached hydrogen (secondary N) is 1. The van der Waals surface area contributed by atoms with Crippen LogP contribution in [0.2, 0.25) is 0 Å². The SMILES string of the molecule is CCc1cc(Br)c2c(c1)N[C@]1(C=C(C)Oc3c1c(C)nn3-c1ccccc1)O2. The number of anilines is 1. The van der Waals surface area contributed by atoms with Crippen molar-refractivity contribution in [1.82, 2.24) is 9.78 Å². The van der Waals surface area contributed by atoms with Crippen molar-refractivity contribution >= 4 is 21.6 Å². The van der Waals surface area contributed by atoms with E-state index in [1.54, 1.807) is 0 Å². The van der Waals surface area contributed by atoms with Crippen LogP contribution < -0.4 is 14.8 Å². The van der Waals surface area contributed by atoms with Gasteiger partial charge in [-0.25, -0.2) is 4.68 Å². The largest absolute Gasteiger partial charge is 0.456 e. The summed E-state index contributed by atoms with van der Waals surface area (Å²) in [5, 5.41) is 8.36. The van der Waals surface area contributed by atoms with E-state index >= 15 is 0 Å². The van der Waals surface area contributed by atoms with E-state index in [-0.39, 0.29) is 0 Å². The van der Waals surface area contributed by atoms with Crippen molar-refractivity contribution in [2.45, 2.75) is 32.9 Å². The first-order valence-corrected chi connectivity index (χ1v) is 10.1. The molecule has 3 heterocycles. The molecule has 1 spiro atoms. The predicted octanol–water partition coefficient (Wildman–Crippen LogP) is 5.46. The Morgan fingerprint density at radius 1 is 1.18 bits per heavy atom. The molecule has 2 aliphatic heterocycles. The molecule has 0 saturated heterocycles. The summed E-state index contributed by atoms with van der Waals surface area (Å²) in [5.41, 5.74) is 4.06. The summed E-state index contributed by atoms with van der Waals surface area (Å²) in [6.07, 6.45) is 2.94. The minimum absolute atomic E-state index is 0.677. The summed E-state index contributed by atoms with van der Waals surface area (Å²) in [6, 6.07) is 14.2. The van der Waals surface area contributed by atoms with Gasteiger partial charge in [-0.3, -0.25) is 0 Å². The molecule has 28 heavy (non-hydrogen) atoms. The number of hydrogen-bond acceptors (Lipinski definition) is 4. The lowest BCUT2D eigenvalue weighted by atomic mass is 10.00. The Morgan fingerprint density at radius 2 is 1.96 bits per heavy atom. The Balaban J connectivity index is 1.69. The van der Waals surface area contributed by atoms with Gasteiger partial charge in [-0.2, -0.15) is 5.10 Å². The highest BCUT2D eigenvalue weighted by atomic mass is 79.9. The fourth-order valence-corrected chi connectivity index (χ4v) is 4.52. The molecule has 0 amide bonds. The molecule has 5 nitrogen and oxygen atoms in total. The Kier molecular flexibility index (Phi) is 3.81. The van der Waals surface area contributed by atoms with Crippen LogP contribution in [0.3, 0.4) is 0 Å². The third-order valence-electron chi connectivity index (χ3n) is 5.15. The first kappa shape index (κ1) is 17.4. The molecule has 2 aromatic carbocycles. The molecule has 5 rings (SSSR count). The minimum atomic E-state index is -0.841. The van der Waals surface area contributed by atoms with E-state index in [0.29, 0.717) is 5.88 Å². The van der Waals surface area contributed by atoms with Gasteiger partial charge < -0.3 is 14.8 Å². The number of hydrogen-bond donors (Lipinski definition) is 1. The van der Waals surface area contributed by atoms with Gasteiger partial charge in [-0.1, -0.05) is 25.1 Å². The first-order chi connectivity index (χ1) is 13.5. The van der Waals surface area contributed by atoms with Crippen LogP contribution in [0, 0.1) is 6.92 Å². The van der Waals surface area contributed by atoms with Crippen LogP contribution in [0.15, 0.2) is 58.8 Å². The molecule has 2 aliphatic rings. The van der Waals surface area contributed by atoms with Crippen molar-refractivity contribution in [1.29, 1.82) is 0 Å². The number of benzene rings is 2. The second-order valence-electron chi connectivity index (χ2n) is 7.14. The quantitative estimate of drug-likeness (QED) is 0.578. The Morgan fingerprint density at radius 3 is 2.71 bits per heavy atom. The van der Waals surface area contributed by atoms with Gasteiger partial charge in [-0.15, -0.1) is 0 Å². The molecule has 0 fully saturated rings. The molecule has 0 aliphatic carbocycles. The van der Waals surface area contributed by atoms with E-state index in [1.165, 1.54) is 5.56 Å². The molecule has 1 aromatic heterocycles. The second kappa shape index (κ2) is 6.14. The summed E-state index contributed by atoms with van der Waals surface area (Å²) in [6.45, 7) is 6.06. The van der Waals surface area contributed by atoms with Crippen LogP contribution in [-0.4, -0.2) is 9.78 Å². The zero-order chi connectivity index (χ0) is 19.5. The Labute approximate surface area is 172 Å². The van der Waals surface area contributed by atoms with E-state index in [4.69, 9.17) is 14.6 Å². The highest BCUT2D eigenvalue weighted by Gasteiger charge is 2.48. The maximum Gasteiger partial charge on any atom is 0.237 e. The van der Waals surface area contributed by atoms with Gasteiger partial charge in [0.2, 0.25) is 11.6 Å². The summed E-state index contributed by atoms with van der Waals surface area (Å²) in [5.74, 6) is 2.24. The van der Waals surface area contributed by atoms with Crippen molar-refractivity contribution in [3.05, 3.63) is 75.6 Å². The van der Waals surface area contributed by atoms with Gasteiger partial charge in [0.25, 0.3) is 0 Å². The van der Waals surface area contributed by atoms with Gasteiger partial charge >= 0.3 is 0 Å². The molecule has 0 bridgehead atoms. The number of para-hydroxylation sites is 1. The minimum Gasteiger partial charge on any atom is -0.456 e. The number of allylic oxidation sites excluding steroid dienone is 1. The van der Waals surface area contributed by atoms with Gasteiger partial charge in [-0.05, 0) is 66.0 Å². The first-order valence-electron chi connectivity index (χ1n) is 9.33. The van der Waals surface area contributed by atoms with E-state index in [1.807, 2.05) is 54.9 Å². The van der Waals surface area contributed by atoms with Crippen LogP contribution in [0.25, 0.3) is 5.69 Å². The summed E-state index contributed by atoms with van der Waals surface area (Å²) >= 11 is 3.67. The molecular formula is C22H20BrN3O2. The van der Waals surface area contributed by atoms with Gasteiger partial charge in [0.1, 0.15) is 11.3 Å². The predicted molar refractivity (Wildman–Crippen MR) is 112 cm³/mol. The smallest absolute Gasteiger partial charge is 0.237 e. The lowest BCUT2D eigenvalue weighted by Crippen LogP contribution is -2.38. The van der Waals surface area contributed by atoms with Crippen LogP contribution in [0.1, 0.15) is 30.7 Å². The summed E-state index contributed by atoms with van der Waals surface area (Å²) < 4.78 is 15.4. The highest BCUT2D eigenvalue weighted by molar-refractivity contribution is 9.10. The van der Waals surface area contributed by atoms with Crippen LogP contribution in [0.4, 0.5) is 5.69 Å². The maximum absolute atomic E-state index is 6.52. The van der Waals surface area contributed by atoms with E-state index in [9.17, 15) is 0 Å². The molecule has 142 valence electrons. The third kappa shape index (κ3) is 2.48. The summed E-state index contributed by atoms with van der Waals surface area (Å²) in [7, 11) is 0. The fraction of sp³-hybridized carbons (Fsp3) is 0.227. The third-order valence-corrected chi connectivity index (χ3v) is 5.74. The van der Waals surface area contributed by atoms with Crippen LogP contribution in [0.5, 0.6) is 11.6 Å². The van der Waals surface area contributed by atoms with Gasteiger partial charge in [0.05, 0.1) is 21.5 Å². The number of rotatable bonds is 2. The van der Waals surface area contributed by atoms with Crippen LogP contribution >= 0.6 is 15.9 Å². The maximum atomic E-state index is 6.52. The standard InChI is InChI=1S/C22H20BrN3O2/c1-4-15-10-17(23)20-18(11-15)24-22(28-20)12-13(2)27-21-19(22)14(3)25-26(21)16-8-6-5-7-9-16/h5-12,24H,4H2,1-3H3/t22-/m1/s1. The molecule has 0 saturated carbocycles. The van der Waals surface area contributed by atoms with E-state index in [2.05, 4.69) is 40.3 Å². The van der Waals surface area contributed by atoms with Crippen molar-refractivity contribution < 1.29 is 9.47 Å². The lowest BCUT2D eigenvalue weighted by molar-refractivity contribution is 0.152. The van der Waals surface area contributed by atoms with Crippen molar-refractivity contribution in [3.63, 3.8) is 0 Å². The average molecular weight is 438 g/mol. The molecule has 0 radical (unpaired) electrons. The lowest BCUT2D eigenvalue weighted by Gasteiger charge is -2.31. The molecule has 1 N–H and O–H groups in total. The van der Waals surface area contributed by atoms with Crippen LogP contribution in [-0.2, 0) is 12.1 Å². The van der Waals surface area contributed by atoms with Crippen molar-refractivity contribution in [3.8, 4) is 17.3 Å². The monoisotopic (exact) mass is 437 g/mol. The number of aryl methyl sites for hydroxylation is 2. The van der Waals surface area contributed by atoms with E-state index in [0.717, 1.165) is 45.0 Å². The number of nitrogens with zero attached hydrogens (tertiary/aromatic N) is 2. The molecule has 3 aromatic rings. The Hall–Kier alpha value is -2.73. The number of aromatic nitrogens is 2.